The Bertz CT molecular complexity index is 608. The number of halogens is 2. The Morgan fingerprint density at radius 2 is 2.10 bits per heavy atom. The summed E-state index contributed by atoms with van der Waals surface area (Å²) in [4.78, 5) is 34.0. The van der Waals surface area contributed by atoms with E-state index in [0.29, 0.717) is 6.07 Å². The van der Waals surface area contributed by atoms with E-state index >= 15 is 0 Å². The molecular formula is C12H12BrFN2O5. The van der Waals surface area contributed by atoms with Gasteiger partial charge >= 0.3 is 5.97 Å². The fraction of sp³-hybridized carbons (Fsp3) is 0.333. The topological polar surface area (TPSA) is 101 Å². The number of carbonyl (C=O) groups is 2. The van der Waals surface area contributed by atoms with E-state index in [9.17, 15) is 24.1 Å². The number of nitro groups is 1. The number of hydrogen-bond donors (Lipinski definition) is 1. The van der Waals surface area contributed by atoms with Crippen LogP contribution in [0.25, 0.3) is 0 Å². The van der Waals surface area contributed by atoms with Crippen LogP contribution in [0.15, 0.2) is 16.6 Å². The van der Waals surface area contributed by atoms with Crippen LogP contribution in [-0.4, -0.2) is 40.4 Å². The zero-order valence-corrected chi connectivity index (χ0v) is 12.8. The molecule has 1 amide bonds. The Hall–Kier alpha value is -2.03. The van der Waals surface area contributed by atoms with Gasteiger partial charge in [0.2, 0.25) is 0 Å². The summed E-state index contributed by atoms with van der Waals surface area (Å²) in [6.45, 7) is 1.31. The molecule has 0 aromatic heterocycles. The van der Waals surface area contributed by atoms with Gasteiger partial charge in [0.25, 0.3) is 11.6 Å². The second-order valence-corrected chi connectivity index (χ2v) is 5.26. The van der Waals surface area contributed by atoms with Gasteiger partial charge in [0.1, 0.15) is 10.3 Å². The largest absolute Gasteiger partial charge is 0.481 e. The highest BCUT2D eigenvalue weighted by molar-refractivity contribution is 9.10. The van der Waals surface area contributed by atoms with Crippen molar-refractivity contribution in [1.29, 1.82) is 0 Å². The molecule has 0 aliphatic carbocycles. The molecule has 0 aliphatic rings. The van der Waals surface area contributed by atoms with Crippen LogP contribution in [0.1, 0.15) is 17.3 Å². The van der Waals surface area contributed by atoms with Crippen molar-refractivity contribution >= 4 is 33.5 Å². The first-order chi connectivity index (χ1) is 9.65. The lowest BCUT2D eigenvalue weighted by Crippen LogP contribution is -2.34. The van der Waals surface area contributed by atoms with Crippen LogP contribution in [0, 0.1) is 21.8 Å². The van der Waals surface area contributed by atoms with Crippen molar-refractivity contribution in [3.63, 3.8) is 0 Å². The molecule has 0 spiro atoms. The molecule has 1 aromatic carbocycles. The van der Waals surface area contributed by atoms with E-state index in [-0.39, 0.29) is 16.6 Å². The standard InChI is InChI=1S/C12H12BrFN2O5/c1-6(12(18)19)5-15(2)11(17)8-3-7(14)4-9(10(8)13)16(20)21/h3-4,6H,5H2,1-2H3,(H,18,19). The third-order valence-electron chi connectivity index (χ3n) is 2.76. The van der Waals surface area contributed by atoms with Gasteiger partial charge < -0.3 is 10.0 Å². The fourth-order valence-corrected chi connectivity index (χ4v) is 2.18. The van der Waals surface area contributed by atoms with Gasteiger partial charge in [-0.3, -0.25) is 19.7 Å². The molecule has 1 N–H and O–H groups in total. The molecule has 1 aromatic rings. The first kappa shape index (κ1) is 17.0. The molecule has 0 saturated heterocycles. The summed E-state index contributed by atoms with van der Waals surface area (Å²) in [6.07, 6.45) is 0. The molecule has 0 radical (unpaired) electrons. The van der Waals surface area contributed by atoms with Gasteiger partial charge in [0.05, 0.1) is 22.5 Å². The van der Waals surface area contributed by atoms with Crippen LogP contribution < -0.4 is 0 Å². The molecule has 0 bridgehead atoms. The van der Waals surface area contributed by atoms with Crippen molar-refractivity contribution < 1.29 is 24.0 Å². The summed E-state index contributed by atoms with van der Waals surface area (Å²) in [7, 11) is 1.34. The molecule has 0 fully saturated rings. The number of nitrogens with zero attached hydrogens (tertiary/aromatic N) is 2. The Morgan fingerprint density at radius 3 is 2.57 bits per heavy atom. The molecule has 1 atom stereocenters. The summed E-state index contributed by atoms with van der Waals surface area (Å²) in [5, 5.41) is 19.6. The molecule has 114 valence electrons. The molecule has 9 heteroatoms. The van der Waals surface area contributed by atoms with Gasteiger partial charge in [-0.1, -0.05) is 6.92 Å². The van der Waals surface area contributed by atoms with Crippen LogP contribution >= 0.6 is 15.9 Å². The van der Waals surface area contributed by atoms with Crippen LogP contribution in [0.5, 0.6) is 0 Å². The molecule has 1 rings (SSSR count). The summed E-state index contributed by atoms with van der Waals surface area (Å²) < 4.78 is 13.2. The lowest BCUT2D eigenvalue weighted by atomic mass is 10.1. The Labute approximate surface area is 127 Å². The highest BCUT2D eigenvalue weighted by atomic mass is 79.9. The van der Waals surface area contributed by atoms with Gasteiger partial charge in [-0.05, 0) is 22.0 Å². The van der Waals surface area contributed by atoms with E-state index in [1.54, 1.807) is 0 Å². The molecule has 7 nitrogen and oxygen atoms in total. The number of carbonyl (C=O) groups excluding carboxylic acids is 1. The van der Waals surface area contributed by atoms with Crippen molar-refractivity contribution in [3.8, 4) is 0 Å². The Balaban J connectivity index is 3.13. The zero-order chi connectivity index (χ0) is 16.3. The Kier molecular flexibility index (Phi) is 5.36. The SMILES string of the molecule is CC(CN(C)C(=O)c1cc(F)cc([N+](=O)[O-])c1Br)C(=O)O. The second kappa shape index (κ2) is 6.61. The maximum absolute atomic E-state index is 13.4. The summed E-state index contributed by atoms with van der Waals surface area (Å²) in [5.74, 6) is -3.54. The van der Waals surface area contributed by atoms with E-state index in [1.807, 2.05) is 0 Å². The predicted molar refractivity (Wildman–Crippen MR) is 74.5 cm³/mol. The summed E-state index contributed by atoms with van der Waals surface area (Å²) >= 11 is 2.91. The smallest absolute Gasteiger partial charge is 0.308 e. The van der Waals surface area contributed by atoms with Gasteiger partial charge in [-0.15, -0.1) is 0 Å². The van der Waals surface area contributed by atoms with Gasteiger partial charge in [0, 0.05) is 13.6 Å². The number of carboxylic acid groups (broad SMARTS) is 1. The van der Waals surface area contributed by atoms with E-state index < -0.39 is 34.2 Å². The number of amides is 1. The minimum absolute atomic E-state index is 0.106. The third-order valence-corrected chi connectivity index (χ3v) is 3.59. The minimum Gasteiger partial charge on any atom is -0.481 e. The quantitative estimate of drug-likeness (QED) is 0.639. The van der Waals surface area contributed by atoms with Crippen LogP contribution in [-0.2, 0) is 4.79 Å². The van der Waals surface area contributed by atoms with Crippen molar-refractivity contribution in [2.24, 2.45) is 5.92 Å². The first-order valence-corrected chi connectivity index (χ1v) is 6.56. The van der Waals surface area contributed by atoms with Crippen LogP contribution in [0.2, 0.25) is 0 Å². The van der Waals surface area contributed by atoms with Gasteiger partial charge in [-0.25, -0.2) is 4.39 Å². The molecule has 1 unspecified atom stereocenters. The summed E-state index contributed by atoms with van der Waals surface area (Å²) in [6, 6.07) is 1.56. The number of rotatable bonds is 5. The third kappa shape index (κ3) is 3.97. The van der Waals surface area contributed by atoms with Crippen LogP contribution in [0.4, 0.5) is 10.1 Å². The maximum atomic E-state index is 13.4. The number of carboxylic acids is 1. The average molecular weight is 363 g/mol. The first-order valence-electron chi connectivity index (χ1n) is 5.76. The van der Waals surface area contributed by atoms with Gasteiger partial charge in [-0.2, -0.15) is 0 Å². The lowest BCUT2D eigenvalue weighted by molar-refractivity contribution is -0.385. The number of aliphatic carboxylic acids is 1. The lowest BCUT2D eigenvalue weighted by Gasteiger charge is -2.20. The average Bonchev–Trinajstić information content (AvgIpc) is 2.39. The number of nitro benzene ring substituents is 1. The van der Waals surface area contributed by atoms with E-state index in [0.717, 1.165) is 11.0 Å². The Morgan fingerprint density at radius 1 is 1.52 bits per heavy atom. The number of hydrogen-bond acceptors (Lipinski definition) is 4. The maximum Gasteiger partial charge on any atom is 0.308 e. The van der Waals surface area contributed by atoms with Crippen molar-refractivity contribution in [1.82, 2.24) is 4.90 Å². The number of benzene rings is 1. The summed E-state index contributed by atoms with van der Waals surface area (Å²) in [5.41, 5.74) is -0.806. The second-order valence-electron chi connectivity index (χ2n) is 4.47. The van der Waals surface area contributed by atoms with Crippen molar-refractivity contribution in [2.75, 3.05) is 13.6 Å². The van der Waals surface area contributed by atoms with E-state index in [2.05, 4.69) is 15.9 Å². The van der Waals surface area contributed by atoms with Gasteiger partial charge in [0.15, 0.2) is 0 Å². The molecular weight excluding hydrogens is 351 g/mol. The molecule has 0 saturated carbocycles. The zero-order valence-electron chi connectivity index (χ0n) is 11.2. The molecule has 0 aliphatic heterocycles. The molecule has 0 heterocycles. The van der Waals surface area contributed by atoms with E-state index in [4.69, 9.17) is 5.11 Å². The predicted octanol–water partition coefficient (Wildman–Crippen LogP) is 2.29. The van der Waals surface area contributed by atoms with Crippen molar-refractivity contribution in [2.45, 2.75) is 6.92 Å². The van der Waals surface area contributed by atoms with E-state index in [1.165, 1.54) is 14.0 Å². The highest BCUT2D eigenvalue weighted by Gasteiger charge is 2.25. The van der Waals surface area contributed by atoms with Crippen LogP contribution in [0.3, 0.4) is 0 Å². The minimum atomic E-state index is -1.08. The fourth-order valence-electron chi connectivity index (χ4n) is 1.64. The normalized spacial score (nSPS) is 11.8. The monoisotopic (exact) mass is 362 g/mol. The highest BCUT2D eigenvalue weighted by Crippen LogP contribution is 2.30. The van der Waals surface area contributed by atoms with Crippen molar-refractivity contribution in [3.05, 3.63) is 38.1 Å². The molecule has 21 heavy (non-hydrogen) atoms.